The van der Waals surface area contributed by atoms with Gasteiger partial charge in [0.05, 0.1) is 11.9 Å². The molecule has 0 atom stereocenters. The first-order chi connectivity index (χ1) is 5.02. The molecule has 0 spiro atoms. The van der Waals surface area contributed by atoms with E-state index in [1.54, 1.807) is 0 Å². The standard InChI is InChI=1S/C7H8O4.2Na/c1-5(4-7(10)11)2-3-6(8)9;;/h2-4H,1H3,(H,8,9)(H,10,11);;/q;2*+1/p-2/b3-2+,5-4+;;. The summed E-state index contributed by atoms with van der Waals surface area (Å²) in [4.78, 5) is 19.7. The van der Waals surface area contributed by atoms with Crippen LogP contribution in [0.25, 0.3) is 0 Å². The van der Waals surface area contributed by atoms with E-state index in [2.05, 4.69) is 0 Å². The monoisotopic (exact) mass is 200 g/mol. The van der Waals surface area contributed by atoms with Gasteiger partial charge in [-0.3, -0.25) is 0 Å². The summed E-state index contributed by atoms with van der Waals surface area (Å²) in [7, 11) is 0. The fraction of sp³-hybridized carbons (Fsp3) is 0.143. The van der Waals surface area contributed by atoms with Crippen LogP contribution in [0.15, 0.2) is 23.8 Å². The Morgan fingerprint density at radius 3 is 1.77 bits per heavy atom. The van der Waals surface area contributed by atoms with Gasteiger partial charge in [-0.15, -0.1) is 0 Å². The molecule has 0 saturated heterocycles. The average molecular weight is 200 g/mol. The second kappa shape index (κ2) is 10.5. The first kappa shape index (κ1) is 19.1. The molecule has 0 aliphatic carbocycles. The topological polar surface area (TPSA) is 80.3 Å². The SMILES string of the molecule is CC(/C=C/C(=O)[O-])=C\C(=O)[O-].[Na+].[Na+]. The third kappa shape index (κ3) is 15.2. The van der Waals surface area contributed by atoms with E-state index in [1.807, 2.05) is 0 Å². The van der Waals surface area contributed by atoms with E-state index in [0.29, 0.717) is 0 Å². The molecule has 0 N–H and O–H groups in total. The fourth-order valence-corrected chi connectivity index (χ4v) is 0.433. The van der Waals surface area contributed by atoms with Crippen LogP contribution in [0.5, 0.6) is 0 Å². The Balaban J connectivity index is -0.000000500. The van der Waals surface area contributed by atoms with Crippen LogP contribution in [0.2, 0.25) is 0 Å². The van der Waals surface area contributed by atoms with Gasteiger partial charge in [0, 0.05) is 0 Å². The number of hydrogen-bond acceptors (Lipinski definition) is 4. The van der Waals surface area contributed by atoms with Crippen molar-refractivity contribution in [1.29, 1.82) is 0 Å². The molecular formula is C7H6Na2O4. The molecule has 0 aliphatic rings. The molecule has 0 saturated carbocycles. The number of carboxylic acid groups (broad SMARTS) is 2. The van der Waals surface area contributed by atoms with Gasteiger partial charge in [0.1, 0.15) is 0 Å². The second-order valence-corrected chi connectivity index (χ2v) is 1.86. The van der Waals surface area contributed by atoms with Crippen molar-refractivity contribution in [1.82, 2.24) is 0 Å². The number of carboxylic acids is 2. The predicted octanol–water partition coefficient (Wildman–Crippen LogP) is -8.00. The van der Waals surface area contributed by atoms with Crippen LogP contribution >= 0.6 is 0 Å². The Morgan fingerprint density at radius 1 is 1.00 bits per heavy atom. The largest absolute Gasteiger partial charge is 1.00 e. The fourth-order valence-electron chi connectivity index (χ4n) is 0.433. The summed E-state index contributed by atoms with van der Waals surface area (Å²) < 4.78 is 0. The van der Waals surface area contributed by atoms with Gasteiger partial charge in [0.25, 0.3) is 0 Å². The third-order valence-electron chi connectivity index (χ3n) is 0.828. The molecule has 6 heteroatoms. The number of aliphatic carboxylic acids is 2. The van der Waals surface area contributed by atoms with Gasteiger partial charge in [-0.25, -0.2) is 0 Å². The summed E-state index contributed by atoms with van der Waals surface area (Å²) in [5.74, 6) is -2.72. The zero-order chi connectivity index (χ0) is 8.85. The number of hydrogen-bond donors (Lipinski definition) is 0. The number of rotatable bonds is 3. The minimum absolute atomic E-state index is 0. The molecule has 0 amide bonds. The molecule has 0 aromatic carbocycles. The van der Waals surface area contributed by atoms with Crippen molar-refractivity contribution in [3.05, 3.63) is 23.8 Å². The molecule has 0 unspecified atom stereocenters. The first-order valence-corrected chi connectivity index (χ1v) is 2.80. The summed E-state index contributed by atoms with van der Waals surface area (Å²) in [6.07, 6.45) is 2.65. The van der Waals surface area contributed by atoms with Crippen molar-refractivity contribution < 1.29 is 78.9 Å². The molecule has 0 heterocycles. The zero-order valence-corrected chi connectivity index (χ0v) is 11.9. The number of carbonyl (C=O) groups excluding carboxylic acids is 2. The Labute approximate surface area is 120 Å². The van der Waals surface area contributed by atoms with Crippen LogP contribution in [-0.4, -0.2) is 11.9 Å². The average Bonchev–Trinajstić information content (AvgIpc) is 1.82. The van der Waals surface area contributed by atoms with E-state index < -0.39 is 11.9 Å². The smallest absolute Gasteiger partial charge is 0.545 e. The van der Waals surface area contributed by atoms with Crippen LogP contribution in [0.3, 0.4) is 0 Å². The van der Waals surface area contributed by atoms with Crippen molar-refractivity contribution >= 4 is 11.9 Å². The minimum Gasteiger partial charge on any atom is -0.545 e. The number of carbonyl (C=O) groups is 2. The first-order valence-electron chi connectivity index (χ1n) is 2.80. The molecular weight excluding hydrogens is 194 g/mol. The minimum atomic E-state index is -1.36. The van der Waals surface area contributed by atoms with Gasteiger partial charge in [-0.1, -0.05) is 6.08 Å². The second-order valence-electron chi connectivity index (χ2n) is 1.86. The summed E-state index contributed by atoms with van der Waals surface area (Å²) in [5.41, 5.74) is 0.286. The molecule has 4 nitrogen and oxygen atoms in total. The molecule has 0 aliphatic heterocycles. The van der Waals surface area contributed by atoms with Gasteiger partial charge in [0.2, 0.25) is 0 Å². The van der Waals surface area contributed by atoms with E-state index in [9.17, 15) is 19.8 Å². The molecule has 0 aromatic heterocycles. The predicted molar refractivity (Wildman–Crippen MR) is 32.9 cm³/mol. The summed E-state index contributed by atoms with van der Waals surface area (Å²) in [5, 5.41) is 19.7. The van der Waals surface area contributed by atoms with Crippen molar-refractivity contribution in [2.45, 2.75) is 6.92 Å². The molecule has 0 rings (SSSR count). The van der Waals surface area contributed by atoms with Gasteiger partial charge in [0.15, 0.2) is 0 Å². The van der Waals surface area contributed by atoms with Crippen LogP contribution in [0, 0.1) is 0 Å². The van der Waals surface area contributed by atoms with Gasteiger partial charge >= 0.3 is 59.1 Å². The Bertz CT molecular complexity index is 233. The van der Waals surface area contributed by atoms with Crippen LogP contribution in [-0.2, 0) is 9.59 Å². The summed E-state index contributed by atoms with van der Waals surface area (Å²) in [6, 6.07) is 0. The zero-order valence-electron chi connectivity index (χ0n) is 7.87. The van der Waals surface area contributed by atoms with E-state index in [0.717, 1.165) is 18.2 Å². The van der Waals surface area contributed by atoms with Crippen molar-refractivity contribution in [2.24, 2.45) is 0 Å². The van der Waals surface area contributed by atoms with E-state index in [4.69, 9.17) is 0 Å². The quantitative estimate of drug-likeness (QED) is 0.257. The van der Waals surface area contributed by atoms with Crippen molar-refractivity contribution in [2.75, 3.05) is 0 Å². The number of allylic oxidation sites excluding steroid dienone is 2. The van der Waals surface area contributed by atoms with E-state index in [-0.39, 0.29) is 64.7 Å². The molecule has 0 fully saturated rings. The van der Waals surface area contributed by atoms with Crippen LogP contribution < -0.4 is 69.3 Å². The molecule has 0 aromatic rings. The van der Waals surface area contributed by atoms with Gasteiger partial charge < -0.3 is 19.8 Å². The van der Waals surface area contributed by atoms with Crippen LogP contribution in [0.1, 0.15) is 6.92 Å². The van der Waals surface area contributed by atoms with Gasteiger partial charge in [-0.2, -0.15) is 0 Å². The molecule has 60 valence electrons. The Morgan fingerprint density at radius 2 is 1.46 bits per heavy atom. The maximum absolute atomic E-state index is 9.87. The molecule has 13 heavy (non-hydrogen) atoms. The maximum Gasteiger partial charge on any atom is 1.00 e. The van der Waals surface area contributed by atoms with Crippen LogP contribution in [0.4, 0.5) is 0 Å². The molecule has 0 radical (unpaired) electrons. The summed E-state index contributed by atoms with van der Waals surface area (Å²) >= 11 is 0. The van der Waals surface area contributed by atoms with Crippen molar-refractivity contribution in [3.63, 3.8) is 0 Å². The maximum atomic E-state index is 9.87. The Hall–Kier alpha value is 0.420. The Kier molecular flexibility index (Phi) is 15.4. The normalized spacial score (nSPS) is 10.1. The van der Waals surface area contributed by atoms with E-state index >= 15 is 0 Å². The summed E-state index contributed by atoms with van der Waals surface area (Å²) in [6.45, 7) is 1.44. The molecule has 0 bridgehead atoms. The van der Waals surface area contributed by atoms with E-state index in [1.165, 1.54) is 6.92 Å². The van der Waals surface area contributed by atoms with Crippen molar-refractivity contribution in [3.8, 4) is 0 Å². The third-order valence-corrected chi connectivity index (χ3v) is 0.828. The van der Waals surface area contributed by atoms with Gasteiger partial charge in [-0.05, 0) is 24.6 Å².